The van der Waals surface area contributed by atoms with Crippen LogP contribution in [0.5, 0.6) is 0 Å². The lowest BCUT2D eigenvalue weighted by Gasteiger charge is -2.24. The molecule has 134 valence electrons. The summed E-state index contributed by atoms with van der Waals surface area (Å²) in [6.45, 7) is 0.726. The SMILES string of the molecule is CN=C(NCc1cc(N(C)C)nc2ccccc12)NC1CCCSC1. The second-order valence-corrected chi connectivity index (χ2v) is 7.69. The number of aromatic nitrogens is 1. The molecule has 0 bridgehead atoms. The normalized spacial score (nSPS) is 18.2. The first-order valence-electron chi connectivity index (χ1n) is 8.78. The number of fused-ring (bicyclic) bond motifs is 1. The Morgan fingerprint density at radius 3 is 2.92 bits per heavy atom. The van der Waals surface area contributed by atoms with E-state index < -0.39 is 0 Å². The second-order valence-electron chi connectivity index (χ2n) is 6.54. The Kier molecular flexibility index (Phi) is 6.02. The number of nitrogens with one attached hydrogen (secondary N) is 2. The van der Waals surface area contributed by atoms with Crippen molar-refractivity contribution in [1.29, 1.82) is 0 Å². The summed E-state index contributed by atoms with van der Waals surface area (Å²) in [5.74, 6) is 4.28. The first-order valence-corrected chi connectivity index (χ1v) is 9.94. The molecule has 0 amide bonds. The van der Waals surface area contributed by atoms with Gasteiger partial charge in [0, 0.05) is 44.9 Å². The summed E-state index contributed by atoms with van der Waals surface area (Å²) in [5.41, 5.74) is 2.26. The van der Waals surface area contributed by atoms with Gasteiger partial charge < -0.3 is 15.5 Å². The van der Waals surface area contributed by atoms with Gasteiger partial charge in [0.1, 0.15) is 5.82 Å². The number of rotatable bonds is 4. The maximum absolute atomic E-state index is 4.73. The molecule has 2 aromatic rings. The van der Waals surface area contributed by atoms with E-state index >= 15 is 0 Å². The third-order valence-electron chi connectivity index (χ3n) is 4.42. The number of aliphatic imine (C=N–C) groups is 1. The van der Waals surface area contributed by atoms with E-state index in [0.29, 0.717) is 6.04 Å². The molecule has 0 radical (unpaired) electrons. The number of pyridine rings is 1. The molecule has 1 aliphatic rings. The van der Waals surface area contributed by atoms with Crippen molar-refractivity contribution in [2.75, 3.05) is 37.5 Å². The summed E-state index contributed by atoms with van der Waals surface area (Å²) in [6.07, 6.45) is 2.50. The van der Waals surface area contributed by atoms with Gasteiger partial charge in [0.2, 0.25) is 0 Å². The van der Waals surface area contributed by atoms with E-state index in [-0.39, 0.29) is 0 Å². The van der Waals surface area contributed by atoms with Gasteiger partial charge in [0.05, 0.1) is 5.52 Å². The van der Waals surface area contributed by atoms with Gasteiger partial charge in [0.25, 0.3) is 0 Å². The lowest BCUT2D eigenvalue weighted by Crippen LogP contribution is -2.45. The smallest absolute Gasteiger partial charge is 0.191 e. The molecule has 1 fully saturated rings. The molecule has 0 spiro atoms. The molecule has 1 unspecified atom stereocenters. The van der Waals surface area contributed by atoms with Crippen molar-refractivity contribution in [3.8, 4) is 0 Å². The Bertz CT molecular complexity index is 738. The van der Waals surface area contributed by atoms with Crippen LogP contribution in [0.25, 0.3) is 10.9 Å². The Balaban J connectivity index is 1.74. The summed E-state index contributed by atoms with van der Waals surface area (Å²) < 4.78 is 0. The predicted octanol–water partition coefficient (Wildman–Crippen LogP) is 2.86. The number of thioether (sulfide) groups is 1. The van der Waals surface area contributed by atoms with Crippen molar-refractivity contribution < 1.29 is 0 Å². The molecule has 0 aliphatic carbocycles. The van der Waals surface area contributed by atoms with Crippen LogP contribution < -0.4 is 15.5 Å². The second kappa shape index (κ2) is 8.43. The van der Waals surface area contributed by atoms with E-state index in [0.717, 1.165) is 29.6 Å². The zero-order valence-electron chi connectivity index (χ0n) is 15.2. The van der Waals surface area contributed by atoms with Crippen LogP contribution in [0.3, 0.4) is 0 Å². The topological polar surface area (TPSA) is 52.6 Å². The summed E-state index contributed by atoms with van der Waals surface area (Å²) in [5, 5.41) is 8.21. The van der Waals surface area contributed by atoms with Crippen molar-refractivity contribution in [3.05, 3.63) is 35.9 Å². The summed E-state index contributed by atoms with van der Waals surface area (Å²) in [4.78, 5) is 11.2. The minimum atomic E-state index is 0.511. The fourth-order valence-electron chi connectivity index (χ4n) is 3.03. The number of hydrogen-bond donors (Lipinski definition) is 2. The summed E-state index contributed by atoms with van der Waals surface area (Å²) in [6, 6.07) is 11.0. The molecule has 6 heteroatoms. The Morgan fingerprint density at radius 2 is 2.20 bits per heavy atom. The Morgan fingerprint density at radius 1 is 1.36 bits per heavy atom. The molecular formula is C19H27N5S. The minimum absolute atomic E-state index is 0.511. The number of para-hydroxylation sites is 1. The Hall–Kier alpha value is -1.95. The maximum atomic E-state index is 4.73. The molecule has 0 saturated carbocycles. The average molecular weight is 358 g/mol. The fraction of sp³-hybridized carbons (Fsp3) is 0.474. The molecule has 1 saturated heterocycles. The average Bonchev–Trinajstić information content (AvgIpc) is 2.65. The molecular weight excluding hydrogens is 330 g/mol. The van der Waals surface area contributed by atoms with E-state index in [2.05, 4.69) is 39.9 Å². The van der Waals surface area contributed by atoms with Crippen LogP contribution in [-0.4, -0.2) is 49.6 Å². The van der Waals surface area contributed by atoms with Crippen LogP contribution in [0.4, 0.5) is 5.82 Å². The quantitative estimate of drug-likeness (QED) is 0.651. The molecule has 1 aromatic heterocycles. The van der Waals surface area contributed by atoms with Crippen LogP contribution in [0.2, 0.25) is 0 Å². The number of hydrogen-bond acceptors (Lipinski definition) is 4. The van der Waals surface area contributed by atoms with Gasteiger partial charge in [-0.1, -0.05) is 18.2 Å². The highest BCUT2D eigenvalue weighted by Gasteiger charge is 2.15. The largest absolute Gasteiger partial charge is 0.363 e. The van der Waals surface area contributed by atoms with E-state index in [1.807, 2.05) is 43.9 Å². The highest BCUT2D eigenvalue weighted by molar-refractivity contribution is 7.99. The van der Waals surface area contributed by atoms with Crippen LogP contribution in [0.15, 0.2) is 35.3 Å². The molecule has 3 rings (SSSR count). The molecule has 1 atom stereocenters. The number of benzene rings is 1. The van der Waals surface area contributed by atoms with E-state index in [4.69, 9.17) is 4.98 Å². The van der Waals surface area contributed by atoms with E-state index in [1.165, 1.54) is 29.5 Å². The van der Waals surface area contributed by atoms with Crippen molar-refractivity contribution in [2.24, 2.45) is 4.99 Å². The lowest BCUT2D eigenvalue weighted by atomic mass is 10.1. The lowest BCUT2D eigenvalue weighted by molar-refractivity contribution is 0.582. The maximum Gasteiger partial charge on any atom is 0.191 e. The first-order chi connectivity index (χ1) is 12.2. The number of guanidine groups is 1. The van der Waals surface area contributed by atoms with Crippen molar-refractivity contribution >= 4 is 34.4 Å². The third kappa shape index (κ3) is 4.57. The first kappa shape index (κ1) is 17.9. The summed E-state index contributed by atoms with van der Waals surface area (Å²) >= 11 is 2.02. The van der Waals surface area contributed by atoms with Gasteiger partial charge in [-0.25, -0.2) is 4.98 Å². The third-order valence-corrected chi connectivity index (χ3v) is 5.63. The zero-order valence-corrected chi connectivity index (χ0v) is 16.1. The zero-order chi connectivity index (χ0) is 17.6. The number of anilines is 1. The van der Waals surface area contributed by atoms with Crippen molar-refractivity contribution in [1.82, 2.24) is 15.6 Å². The van der Waals surface area contributed by atoms with Crippen LogP contribution in [-0.2, 0) is 6.54 Å². The molecule has 2 N–H and O–H groups in total. The van der Waals surface area contributed by atoms with Crippen molar-refractivity contribution in [3.63, 3.8) is 0 Å². The van der Waals surface area contributed by atoms with E-state index in [1.54, 1.807) is 0 Å². The van der Waals surface area contributed by atoms with Gasteiger partial charge in [-0.3, -0.25) is 4.99 Å². The van der Waals surface area contributed by atoms with Crippen LogP contribution >= 0.6 is 11.8 Å². The highest BCUT2D eigenvalue weighted by atomic mass is 32.2. The number of nitrogens with zero attached hydrogens (tertiary/aromatic N) is 3. The molecule has 1 aromatic carbocycles. The van der Waals surface area contributed by atoms with Gasteiger partial charge in [-0.15, -0.1) is 0 Å². The van der Waals surface area contributed by atoms with Gasteiger partial charge in [-0.05, 0) is 36.3 Å². The Labute approximate surface area is 154 Å². The van der Waals surface area contributed by atoms with Crippen molar-refractivity contribution in [2.45, 2.75) is 25.4 Å². The van der Waals surface area contributed by atoms with Crippen LogP contribution in [0.1, 0.15) is 18.4 Å². The van der Waals surface area contributed by atoms with Gasteiger partial charge in [0.15, 0.2) is 5.96 Å². The van der Waals surface area contributed by atoms with Crippen LogP contribution in [0, 0.1) is 0 Å². The minimum Gasteiger partial charge on any atom is -0.363 e. The molecule has 5 nitrogen and oxygen atoms in total. The fourth-order valence-corrected chi connectivity index (χ4v) is 4.10. The monoisotopic (exact) mass is 357 g/mol. The molecule has 2 heterocycles. The standard InChI is InChI=1S/C19H27N5S/c1-20-19(22-15-7-6-10-25-13-15)21-12-14-11-18(24(2)3)23-17-9-5-4-8-16(14)17/h4-5,8-9,11,15H,6-7,10,12-13H2,1-3H3,(H2,20,21,22). The van der Waals surface area contributed by atoms with Gasteiger partial charge in [-0.2, -0.15) is 11.8 Å². The van der Waals surface area contributed by atoms with Gasteiger partial charge >= 0.3 is 0 Å². The molecule has 25 heavy (non-hydrogen) atoms. The van der Waals surface area contributed by atoms with E-state index in [9.17, 15) is 0 Å². The predicted molar refractivity (Wildman–Crippen MR) is 110 cm³/mol. The molecule has 1 aliphatic heterocycles. The highest BCUT2D eigenvalue weighted by Crippen LogP contribution is 2.22. The summed E-state index contributed by atoms with van der Waals surface area (Å²) in [7, 11) is 5.88.